The molecule has 0 radical (unpaired) electrons. The van der Waals surface area contributed by atoms with Crippen LogP contribution in [0.1, 0.15) is 5.56 Å². The van der Waals surface area contributed by atoms with Crippen molar-refractivity contribution in [2.24, 2.45) is 0 Å². The monoisotopic (exact) mass is 269 g/mol. The predicted molar refractivity (Wildman–Crippen MR) is 62.3 cm³/mol. The summed E-state index contributed by atoms with van der Waals surface area (Å²) in [4.78, 5) is 15.4. The van der Waals surface area contributed by atoms with Gasteiger partial charge in [0.1, 0.15) is 6.54 Å². The number of hydrogen-bond acceptors (Lipinski definition) is 2. The zero-order valence-electron chi connectivity index (χ0n) is 9.69. The smallest absolute Gasteiger partial charge is 0.328 e. The van der Waals surface area contributed by atoms with E-state index in [4.69, 9.17) is 0 Å². The minimum absolute atomic E-state index is 0.00372. The first-order valence-corrected chi connectivity index (χ1v) is 5.38. The number of anilines is 1. The fourth-order valence-electron chi connectivity index (χ4n) is 1.52. The van der Waals surface area contributed by atoms with Crippen LogP contribution in [0.2, 0.25) is 0 Å². The maximum atomic E-state index is 12.5. The van der Waals surface area contributed by atoms with Crippen molar-refractivity contribution in [1.82, 2.24) is 9.55 Å². The van der Waals surface area contributed by atoms with Gasteiger partial charge in [-0.15, -0.1) is 0 Å². The van der Waals surface area contributed by atoms with Crippen molar-refractivity contribution in [3.8, 4) is 0 Å². The topological polar surface area (TPSA) is 46.9 Å². The number of halogens is 3. The van der Waals surface area contributed by atoms with E-state index < -0.39 is 17.6 Å². The molecule has 4 nitrogen and oxygen atoms in total. The van der Waals surface area contributed by atoms with Gasteiger partial charge in [-0.2, -0.15) is 13.2 Å². The number of nitrogens with one attached hydrogen (secondary N) is 1. The number of imidazole rings is 1. The Labute approximate surface area is 106 Å². The number of rotatable bonds is 3. The number of carbonyl (C=O) groups excluding carboxylic acids is 1. The Hall–Kier alpha value is -2.31. The first kappa shape index (κ1) is 13.1. The van der Waals surface area contributed by atoms with Crippen LogP contribution in [-0.4, -0.2) is 15.5 Å². The fraction of sp³-hybridized carbons (Fsp3) is 0.167. The highest BCUT2D eigenvalue weighted by molar-refractivity contribution is 5.90. The van der Waals surface area contributed by atoms with Crippen LogP contribution in [0.15, 0.2) is 43.0 Å². The molecule has 1 aromatic heterocycles. The van der Waals surface area contributed by atoms with Gasteiger partial charge < -0.3 is 9.88 Å². The molecule has 1 N–H and O–H groups in total. The average molecular weight is 269 g/mol. The van der Waals surface area contributed by atoms with Crippen LogP contribution in [0.3, 0.4) is 0 Å². The molecule has 0 fully saturated rings. The third-order valence-electron chi connectivity index (χ3n) is 2.36. The van der Waals surface area contributed by atoms with Crippen LogP contribution >= 0.6 is 0 Å². The maximum Gasteiger partial charge on any atom is 0.416 e. The Morgan fingerprint density at radius 2 is 2.16 bits per heavy atom. The molecule has 0 saturated carbocycles. The molecule has 0 unspecified atom stereocenters. The summed E-state index contributed by atoms with van der Waals surface area (Å²) in [5.74, 6) is -0.419. The Kier molecular flexibility index (Phi) is 3.55. The minimum atomic E-state index is -4.43. The van der Waals surface area contributed by atoms with Crippen molar-refractivity contribution in [3.63, 3.8) is 0 Å². The molecule has 1 amide bonds. The third kappa shape index (κ3) is 3.57. The van der Waals surface area contributed by atoms with Crippen LogP contribution in [0.5, 0.6) is 0 Å². The minimum Gasteiger partial charge on any atom is -0.328 e. The second-order valence-electron chi connectivity index (χ2n) is 3.86. The Balaban J connectivity index is 2.05. The lowest BCUT2D eigenvalue weighted by molar-refractivity contribution is -0.137. The van der Waals surface area contributed by atoms with E-state index >= 15 is 0 Å². The van der Waals surface area contributed by atoms with Crippen molar-refractivity contribution in [2.75, 3.05) is 5.32 Å². The summed E-state index contributed by atoms with van der Waals surface area (Å²) in [6, 6.07) is 4.49. The lowest BCUT2D eigenvalue weighted by Crippen LogP contribution is -2.18. The molecule has 0 bridgehead atoms. The number of amides is 1. The summed E-state index contributed by atoms with van der Waals surface area (Å²) in [7, 11) is 0. The van der Waals surface area contributed by atoms with E-state index in [1.807, 2.05) is 0 Å². The van der Waals surface area contributed by atoms with Crippen molar-refractivity contribution in [2.45, 2.75) is 12.7 Å². The van der Waals surface area contributed by atoms with E-state index in [9.17, 15) is 18.0 Å². The molecule has 7 heteroatoms. The van der Waals surface area contributed by atoms with Gasteiger partial charge in [0, 0.05) is 18.1 Å². The second kappa shape index (κ2) is 5.13. The Morgan fingerprint density at radius 1 is 1.37 bits per heavy atom. The molecule has 1 heterocycles. The largest absolute Gasteiger partial charge is 0.416 e. The quantitative estimate of drug-likeness (QED) is 0.930. The van der Waals surface area contributed by atoms with E-state index in [-0.39, 0.29) is 12.2 Å². The fourth-order valence-corrected chi connectivity index (χ4v) is 1.52. The summed E-state index contributed by atoms with van der Waals surface area (Å²) in [5, 5.41) is 2.41. The number of alkyl halides is 3. The molecule has 0 aliphatic carbocycles. The molecular weight excluding hydrogens is 259 g/mol. The lowest BCUT2D eigenvalue weighted by Gasteiger charge is -2.10. The van der Waals surface area contributed by atoms with Gasteiger partial charge in [0.15, 0.2) is 0 Å². The number of hydrogen-bond donors (Lipinski definition) is 1. The van der Waals surface area contributed by atoms with Crippen LogP contribution in [0.4, 0.5) is 18.9 Å². The number of carbonyl (C=O) groups is 1. The van der Waals surface area contributed by atoms with Gasteiger partial charge >= 0.3 is 6.18 Å². The number of aromatic nitrogens is 2. The van der Waals surface area contributed by atoms with Gasteiger partial charge in [-0.25, -0.2) is 4.98 Å². The molecule has 0 spiro atoms. The summed E-state index contributed by atoms with van der Waals surface area (Å²) < 4.78 is 39.0. The van der Waals surface area contributed by atoms with E-state index in [0.717, 1.165) is 12.1 Å². The SMILES string of the molecule is O=C(Cn1ccnc1)Nc1cccc(C(F)(F)F)c1. The molecule has 0 aliphatic heterocycles. The molecular formula is C12H10F3N3O. The highest BCUT2D eigenvalue weighted by Crippen LogP contribution is 2.30. The summed E-state index contributed by atoms with van der Waals surface area (Å²) in [5.41, 5.74) is -0.687. The predicted octanol–water partition coefficient (Wildman–Crippen LogP) is 2.54. The van der Waals surface area contributed by atoms with E-state index in [1.54, 1.807) is 6.20 Å². The summed E-state index contributed by atoms with van der Waals surface area (Å²) in [6.07, 6.45) is 0.125. The van der Waals surface area contributed by atoms with Gasteiger partial charge in [0.05, 0.1) is 11.9 Å². The Morgan fingerprint density at radius 3 is 2.79 bits per heavy atom. The van der Waals surface area contributed by atoms with Gasteiger partial charge in [-0.1, -0.05) is 6.07 Å². The van der Waals surface area contributed by atoms with Crippen molar-refractivity contribution in [3.05, 3.63) is 48.5 Å². The molecule has 19 heavy (non-hydrogen) atoms. The normalized spacial score (nSPS) is 11.3. The zero-order chi connectivity index (χ0) is 13.9. The van der Waals surface area contributed by atoms with Gasteiger partial charge in [-0.3, -0.25) is 4.79 Å². The summed E-state index contributed by atoms with van der Waals surface area (Å²) in [6.45, 7) is -0.00372. The molecule has 0 atom stereocenters. The first-order valence-electron chi connectivity index (χ1n) is 5.38. The zero-order valence-corrected chi connectivity index (χ0v) is 9.69. The molecule has 100 valence electrons. The third-order valence-corrected chi connectivity index (χ3v) is 2.36. The van der Waals surface area contributed by atoms with Crippen LogP contribution < -0.4 is 5.32 Å². The van der Waals surface area contributed by atoms with Gasteiger partial charge in [-0.05, 0) is 18.2 Å². The standard InChI is InChI=1S/C12H10F3N3O/c13-12(14,15)9-2-1-3-10(6-9)17-11(19)7-18-5-4-16-8-18/h1-6,8H,7H2,(H,17,19). The number of nitrogens with zero attached hydrogens (tertiary/aromatic N) is 2. The van der Waals surface area contributed by atoms with Crippen molar-refractivity contribution in [1.29, 1.82) is 0 Å². The molecule has 1 aromatic carbocycles. The van der Waals surface area contributed by atoms with Gasteiger partial charge in [0.25, 0.3) is 0 Å². The van der Waals surface area contributed by atoms with Crippen LogP contribution in [-0.2, 0) is 17.5 Å². The molecule has 0 saturated heterocycles. The van der Waals surface area contributed by atoms with Crippen LogP contribution in [0, 0.1) is 0 Å². The second-order valence-corrected chi connectivity index (χ2v) is 3.86. The van der Waals surface area contributed by atoms with E-state index in [1.165, 1.54) is 29.2 Å². The first-order chi connectivity index (χ1) is 8.95. The summed E-state index contributed by atoms with van der Waals surface area (Å²) >= 11 is 0. The molecule has 2 rings (SSSR count). The Bertz CT molecular complexity index is 564. The van der Waals surface area contributed by atoms with E-state index in [2.05, 4.69) is 10.3 Å². The van der Waals surface area contributed by atoms with Crippen molar-refractivity contribution < 1.29 is 18.0 Å². The highest BCUT2D eigenvalue weighted by Gasteiger charge is 2.30. The van der Waals surface area contributed by atoms with Crippen molar-refractivity contribution >= 4 is 11.6 Å². The van der Waals surface area contributed by atoms with Crippen LogP contribution in [0.25, 0.3) is 0 Å². The molecule has 0 aliphatic rings. The average Bonchev–Trinajstić information content (AvgIpc) is 2.80. The molecule has 2 aromatic rings. The number of benzene rings is 1. The maximum absolute atomic E-state index is 12.5. The highest BCUT2D eigenvalue weighted by atomic mass is 19.4. The van der Waals surface area contributed by atoms with Gasteiger partial charge in [0.2, 0.25) is 5.91 Å². The van der Waals surface area contributed by atoms with E-state index in [0.29, 0.717) is 0 Å². The lowest BCUT2D eigenvalue weighted by atomic mass is 10.2.